The maximum Gasteiger partial charge on any atom is 0.124 e. The van der Waals surface area contributed by atoms with E-state index in [1.54, 1.807) is 6.20 Å². The molecule has 2 nitrogen and oxygen atoms in total. The number of nitrogens with zero attached hydrogens (tertiary/aromatic N) is 1. The molecule has 1 heterocycles. The van der Waals surface area contributed by atoms with Gasteiger partial charge in [-0.25, -0.2) is 9.37 Å². The molecule has 16 heavy (non-hydrogen) atoms. The third-order valence-electron chi connectivity index (χ3n) is 2.03. The molecule has 0 radical (unpaired) electrons. The van der Waals surface area contributed by atoms with Crippen LogP contribution in [0.5, 0.6) is 0 Å². The number of aromatic nitrogens is 1. The molecule has 2 aromatic rings. The van der Waals surface area contributed by atoms with Gasteiger partial charge in [0.15, 0.2) is 0 Å². The second-order valence-corrected chi connectivity index (χ2v) is 4.36. The van der Waals surface area contributed by atoms with Crippen molar-refractivity contribution in [3.05, 3.63) is 54.0 Å². The zero-order chi connectivity index (χ0) is 11.4. The van der Waals surface area contributed by atoms with Gasteiger partial charge in [-0.2, -0.15) is 0 Å². The van der Waals surface area contributed by atoms with Crippen LogP contribution < -0.4 is 5.73 Å². The third-order valence-corrected chi connectivity index (χ3v) is 2.95. The summed E-state index contributed by atoms with van der Waals surface area (Å²) >= 11 is 1.42. The molecule has 0 aliphatic carbocycles. The summed E-state index contributed by atoms with van der Waals surface area (Å²) in [6.07, 6.45) is 1.71. The lowest BCUT2D eigenvalue weighted by atomic mass is 10.2. The minimum absolute atomic E-state index is 0.263. The first-order valence-corrected chi connectivity index (χ1v) is 5.68. The predicted octanol–water partition coefficient (Wildman–Crippen LogP) is 2.83. The highest BCUT2D eigenvalue weighted by atomic mass is 32.2. The quantitative estimate of drug-likeness (QED) is 0.887. The normalized spacial score (nSPS) is 10.4. The fourth-order valence-corrected chi connectivity index (χ4v) is 2.21. The summed E-state index contributed by atoms with van der Waals surface area (Å²) in [7, 11) is 0. The van der Waals surface area contributed by atoms with E-state index in [2.05, 4.69) is 4.98 Å². The Kier molecular flexibility index (Phi) is 3.54. The van der Waals surface area contributed by atoms with E-state index in [9.17, 15) is 4.39 Å². The Labute approximate surface area is 97.7 Å². The molecule has 0 atom stereocenters. The average Bonchev–Trinajstić information content (AvgIpc) is 2.29. The van der Waals surface area contributed by atoms with Crippen LogP contribution >= 0.6 is 11.8 Å². The molecule has 0 bridgehead atoms. The number of benzene rings is 1. The molecule has 0 aliphatic heterocycles. The van der Waals surface area contributed by atoms with Crippen molar-refractivity contribution in [2.24, 2.45) is 5.73 Å². The van der Waals surface area contributed by atoms with Crippen molar-refractivity contribution in [3.8, 4) is 0 Å². The number of nitrogens with two attached hydrogens (primary N) is 1. The Balaban J connectivity index is 2.24. The molecule has 1 aromatic carbocycles. The van der Waals surface area contributed by atoms with Gasteiger partial charge in [-0.15, -0.1) is 0 Å². The van der Waals surface area contributed by atoms with Gasteiger partial charge in [0, 0.05) is 17.6 Å². The van der Waals surface area contributed by atoms with Gasteiger partial charge in [-0.05, 0) is 35.9 Å². The Morgan fingerprint density at radius 1 is 1.25 bits per heavy atom. The van der Waals surface area contributed by atoms with E-state index in [0.717, 1.165) is 15.5 Å². The molecule has 4 heteroatoms. The average molecular weight is 234 g/mol. The van der Waals surface area contributed by atoms with Crippen LogP contribution in [0.3, 0.4) is 0 Å². The van der Waals surface area contributed by atoms with Crippen LogP contribution in [0.15, 0.2) is 52.5 Å². The molecule has 0 amide bonds. The van der Waals surface area contributed by atoms with Crippen LogP contribution in [0.25, 0.3) is 0 Å². The van der Waals surface area contributed by atoms with Gasteiger partial charge in [-0.3, -0.25) is 0 Å². The van der Waals surface area contributed by atoms with Crippen molar-refractivity contribution in [2.45, 2.75) is 16.5 Å². The second-order valence-electron chi connectivity index (χ2n) is 3.27. The second kappa shape index (κ2) is 5.09. The topological polar surface area (TPSA) is 38.9 Å². The molecule has 82 valence electrons. The highest BCUT2D eigenvalue weighted by Crippen LogP contribution is 2.27. The first-order valence-electron chi connectivity index (χ1n) is 4.86. The first kappa shape index (κ1) is 11.1. The smallest absolute Gasteiger partial charge is 0.124 e. The first-order chi connectivity index (χ1) is 7.78. The van der Waals surface area contributed by atoms with Crippen molar-refractivity contribution >= 4 is 11.8 Å². The third kappa shape index (κ3) is 2.81. The van der Waals surface area contributed by atoms with Crippen molar-refractivity contribution in [1.82, 2.24) is 4.98 Å². The number of halogens is 1. The maximum atomic E-state index is 13.2. The minimum Gasteiger partial charge on any atom is -0.326 e. The van der Waals surface area contributed by atoms with E-state index < -0.39 is 0 Å². The molecule has 0 unspecified atom stereocenters. The lowest BCUT2D eigenvalue weighted by molar-refractivity contribution is 0.621. The van der Waals surface area contributed by atoms with E-state index in [1.807, 2.05) is 24.3 Å². The zero-order valence-corrected chi connectivity index (χ0v) is 9.38. The monoisotopic (exact) mass is 234 g/mol. The van der Waals surface area contributed by atoms with E-state index in [1.165, 1.54) is 23.9 Å². The minimum atomic E-state index is -0.263. The molecule has 0 spiro atoms. The SMILES string of the molecule is NCc1cc(F)cc(Sc2ccccn2)c1. The Hall–Kier alpha value is -1.39. The van der Waals surface area contributed by atoms with E-state index in [4.69, 9.17) is 5.73 Å². The fourth-order valence-electron chi connectivity index (χ4n) is 1.33. The zero-order valence-electron chi connectivity index (χ0n) is 8.56. The van der Waals surface area contributed by atoms with Crippen LogP contribution in [0, 0.1) is 5.82 Å². The van der Waals surface area contributed by atoms with E-state index in [0.29, 0.717) is 6.54 Å². The fraction of sp³-hybridized carbons (Fsp3) is 0.0833. The molecule has 0 saturated carbocycles. The van der Waals surface area contributed by atoms with Gasteiger partial charge in [0.25, 0.3) is 0 Å². The van der Waals surface area contributed by atoms with Gasteiger partial charge < -0.3 is 5.73 Å². The lowest BCUT2D eigenvalue weighted by Crippen LogP contribution is -1.97. The summed E-state index contributed by atoms with van der Waals surface area (Å²) in [5.74, 6) is -0.263. The highest BCUT2D eigenvalue weighted by Gasteiger charge is 2.02. The number of hydrogen-bond acceptors (Lipinski definition) is 3. The van der Waals surface area contributed by atoms with Crippen LogP contribution in [-0.4, -0.2) is 4.98 Å². The summed E-state index contributed by atoms with van der Waals surface area (Å²) in [6, 6.07) is 10.4. The Morgan fingerprint density at radius 3 is 2.81 bits per heavy atom. The van der Waals surface area contributed by atoms with Crippen LogP contribution in [0.4, 0.5) is 4.39 Å². The summed E-state index contributed by atoms with van der Waals surface area (Å²) in [5, 5.41) is 0.844. The Bertz CT molecular complexity index is 474. The molecule has 0 saturated heterocycles. The molecule has 0 fully saturated rings. The molecule has 1 aromatic heterocycles. The Morgan fingerprint density at radius 2 is 2.12 bits per heavy atom. The maximum absolute atomic E-state index is 13.2. The van der Waals surface area contributed by atoms with Gasteiger partial charge in [-0.1, -0.05) is 17.8 Å². The molecule has 0 aliphatic rings. The van der Waals surface area contributed by atoms with Gasteiger partial charge in [0.2, 0.25) is 0 Å². The van der Waals surface area contributed by atoms with Crippen LogP contribution in [0.1, 0.15) is 5.56 Å². The molecular formula is C12H11FN2S. The summed E-state index contributed by atoms with van der Waals surface area (Å²) in [4.78, 5) is 4.99. The van der Waals surface area contributed by atoms with Gasteiger partial charge >= 0.3 is 0 Å². The van der Waals surface area contributed by atoms with Crippen molar-refractivity contribution in [2.75, 3.05) is 0 Å². The lowest BCUT2D eigenvalue weighted by Gasteiger charge is -2.03. The van der Waals surface area contributed by atoms with Crippen molar-refractivity contribution in [3.63, 3.8) is 0 Å². The standard InChI is InChI=1S/C12H11FN2S/c13-10-5-9(8-14)6-11(7-10)16-12-3-1-2-4-15-12/h1-7H,8,14H2. The van der Waals surface area contributed by atoms with E-state index >= 15 is 0 Å². The number of rotatable bonds is 3. The summed E-state index contributed by atoms with van der Waals surface area (Å²) in [6.45, 7) is 0.341. The largest absolute Gasteiger partial charge is 0.326 e. The van der Waals surface area contributed by atoms with E-state index in [-0.39, 0.29) is 5.82 Å². The summed E-state index contributed by atoms with van der Waals surface area (Å²) in [5.41, 5.74) is 6.28. The molecule has 2 N–H and O–H groups in total. The van der Waals surface area contributed by atoms with Crippen LogP contribution in [0.2, 0.25) is 0 Å². The number of hydrogen-bond donors (Lipinski definition) is 1. The van der Waals surface area contributed by atoms with Crippen LogP contribution in [-0.2, 0) is 6.54 Å². The number of pyridine rings is 1. The van der Waals surface area contributed by atoms with Gasteiger partial charge in [0.1, 0.15) is 10.8 Å². The highest BCUT2D eigenvalue weighted by molar-refractivity contribution is 7.99. The molecular weight excluding hydrogens is 223 g/mol. The summed E-state index contributed by atoms with van der Waals surface area (Å²) < 4.78 is 13.2. The molecule has 2 rings (SSSR count). The van der Waals surface area contributed by atoms with Crippen molar-refractivity contribution < 1.29 is 4.39 Å². The van der Waals surface area contributed by atoms with Gasteiger partial charge in [0.05, 0.1) is 0 Å². The van der Waals surface area contributed by atoms with Crippen molar-refractivity contribution in [1.29, 1.82) is 0 Å². The predicted molar refractivity (Wildman–Crippen MR) is 62.7 cm³/mol.